The predicted octanol–water partition coefficient (Wildman–Crippen LogP) is 2.65. The number of hydrogen-bond acceptors (Lipinski definition) is 4. The Hall–Kier alpha value is -1.88. The molecule has 1 aromatic heterocycles. The van der Waals surface area contributed by atoms with E-state index < -0.39 is 0 Å². The van der Waals surface area contributed by atoms with E-state index in [9.17, 15) is 9.90 Å². The summed E-state index contributed by atoms with van der Waals surface area (Å²) in [5.41, 5.74) is 0.659. The summed E-state index contributed by atoms with van der Waals surface area (Å²) < 4.78 is 0. The average Bonchev–Trinajstić information content (AvgIpc) is 2.95. The number of carbonyl (C=O) groups excluding carboxylic acids is 1. The molecule has 0 bridgehead atoms. The minimum absolute atomic E-state index is 0.00472. The van der Waals surface area contributed by atoms with Crippen molar-refractivity contribution >= 4 is 17.2 Å². The minimum Gasteiger partial charge on any atom is -0.508 e. The Morgan fingerprint density at radius 2 is 2.20 bits per heavy atom. The largest absolute Gasteiger partial charge is 0.508 e. The van der Waals surface area contributed by atoms with E-state index in [0.29, 0.717) is 12.1 Å². The van der Waals surface area contributed by atoms with Gasteiger partial charge in [-0.25, -0.2) is 4.98 Å². The fourth-order valence-electron chi connectivity index (χ4n) is 2.03. The van der Waals surface area contributed by atoms with E-state index in [0.717, 1.165) is 5.01 Å². The first-order valence-electron chi connectivity index (χ1n) is 6.48. The topological polar surface area (TPSA) is 53.4 Å². The van der Waals surface area contributed by atoms with Crippen LogP contribution in [0, 0.1) is 0 Å². The molecule has 0 aliphatic heterocycles. The van der Waals surface area contributed by atoms with Gasteiger partial charge in [-0.3, -0.25) is 4.79 Å². The number of phenols is 1. The molecular formula is C15H18N2O2S. The van der Waals surface area contributed by atoms with Crippen LogP contribution in [0.2, 0.25) is 0 Å². The lowest BCUT2D eigenvalue weighted by atomic mass is 10.1. The summed E-state index contributed by atoms with van der Waals surface area (Å²) >= 11 is 1.60. The summed E-state index contributed by atoms with van der Waals surface area (Å²) in [5.74, 6) is 0.380. The second-order valence-corrected chi connectivity index (χ2v) is 5.78. The fourth-order valence-corrected chi connectivity index (χ4v) is 2.72. The summed E-state index contributed by atoms with van der Waals surface area (Å²) in [6.07, 6.45) is 1.99. The van der Waals surface area contributed by atoms with Gasteiger partial charge in [0, 0.05) is 36.7 Å². The Balaban J connectivity index is 1.94. The van der Waals surface area contributed by atoms with Crippen molar-refractivity contribution < 1.29 is 9.90 Å². The van der Waals surface area contributed by atoms with Gasteiger partial charge in [-0.2, -0.15) is 0 Å². The third-order valence-corrected chi connectivity index (χ3v) is 4.19. The molecule has 2 aromatic rings. The number of aromatic hydroxyl groups is 1. The normalized spacial score (nSPS) is 12.1. The van der Waals surface area contributed by atoms with Gasteiger partial charge in [-0.1, -0.05) is 25.1 Å². The molecule has 106 valence electrons. The third kappa shape index (κ3) is 3.57. The van der Waals surface area contributed by atoms with Crippen LogP contribution in [-0.2, 0) is 11.2 Å². The van der Waals surface area contributed by atoms with Crippen LogP contribution in [0.1, 0.15) is 23.4 Å². The molecule has 0 saturated heterocycles. The molecule has 0 spiro atoms. The number of para-hydroxylation sites is 1. The first-order valence-corrected chi connectivity index (χ1v) is 7.36. The van der Waals surface area contributed by atoms with Crippen LogP contribution in [0.4, 0.5) is 0 Å². The summed E-state index contributed by atoms with van der Waals surface area (Å²) in [7, 11) is 1.78. The monoisotopic (exact) mass is 290 g/mol. The predicted molar refractivity (Wildman–Crippen MR) is 80.0 cm³/mol. The molecule has 1 atom stereocenters. The van der Waals surface area contributed by atoms with Crippen molar-refractivity contribution in [3.63, 3.8) is 0 Å². The zero-order valence-corrected chi connectivity index (χ0v) is 12.4. The number of rotatable bonds is 5. The number of hydrogen-bond donors (Lipinski definition) is 1. The van der Waals surface area contributed by atoms with Crippen molar-refractivity contribution in [1.82, 2.24) is 9.88 Å². The fraction of sp³-hybridized carbons (Fsp3) is 0.333. The molecule has 4 nitrogen and oxygen atoms in total. The summed E-state index contributed by atoms with van der Waals surface area (Å²) in [6, 6.07) is 6.93. The van der Waals surface area contributed by atoms with Gasteiger partial charge < -0.3 is 10.0 Å². The Bertz CT molecular complexity index is 569. The van der Waals surface area contributed by atoms with Crippen LogP contribution in [0.5, 0.6) is 5.75 Å². The lowest BCUT2D eigenvalue weighted by Crippen LogP contribution is -2.31. The molecule has 5 heteroatoms. The summed E-state index contributed by atoms with van der Waals surface area (Å²) in [6.45, 7) is 2.68. The Kier molecular flexibility index (Phi) is 4.74. The Morgan fingerprint density at radius 1 is 1.45 bits per heavy atom. The molecule has 1 N–H and O–H groups in total. The van der Waals surface area contributed by atoms with Crippen molar-refractivity contribution in [2.24, 2.45) is 0 Å². The van der Waals surface area contributed by atoms with Gasteiger partial charge in [0.1, 0.15) is 5.75 Å². The van der Waals surface area contributed by atoms with Crippen LogP contribution in [-0.4, -0.2) is 34.5 Å². The molecule has 0 aliphatic carbocycles. The van der Waals surface area contributed by atoms with E-state index in [2.05, 4.69) is 11.9 Å². The van der Waals surface area contributed by atoms with E-state index in [1.54, 1.807) is 47.7 Å². The summed E-state index contributed by atoms with van der Waals surface area (Å²) in [5, 5.41) is 12.7. The van der Waals surface area contributed by atoms with Crippen molar-refractivity contribution in [1.29, 1.82) is 0 Å². The molecule has 0 saturated carbocycles. The standard InChI is InChI=1S/C15H18N2O2S/c1-11(15-16-7-8-20-15)10-17(2)14(19)9-12-5-3-4-6-13(12)18/h3-8,11,18H,9-10H2,1-2H3/t11-/m0/s1. The molecule has 0 fully saturated rings. The summed E-state index contributed by atoms with van der Waals surface area (Å²) in [4.78, 5) is 18.1. The zero-order valence-electron chi connectivity index (χ0n) is 11.6. The zero-order chi connectivity index (χ0) is 14.5. The lowest BCUT2D eigenvalue weighted by Gasteiger charge is -2.20. The number of carbonyl (C=O) groups is 1. The van der Waals surface area contributed by atoms with E-state index >= 15 is 0 Å². The van der Waals surface area contributed by atoms with E-state index in [4.69, 9.17) is 0 Å². The maximum Gasteiger partial charge on any atom is 0.226 e. The third-order valence-electron chi connectivity index (χ3n) is 3.18. The van der Waals surface area contributed by atoms with Gasteiger partial charge in [-0.05, 0) is 6.07 Å². The number of aromatic nitrogens is 1. The van der Waals surface area contributed by atoms with Crippen molar-refractivity contribution in [3.05, 3.63) is 46.4 Å². The number of likely N-dealkylation sites (N-methyl/N-ethyl adjacent to an activating group) is 1. The van der Waals surface area contributed by atoms with Gasteiger partial charge in [0.2, 0.25) is 5.91 Å². The van der Waals surface area contributed by atoms with E-state index in [1.807, 2.05) is 11.4 Å². The van der Waals surface area contributed by atoms with Crippen LogP contribution in [0.25, 0.3) is 0 Å². The van der Waals surface area contributed by atoms with E-state index in [-0.39, 0.29) is 24.0 Å². The molecule has 0 unspecified atom stereocenters. The highest BCUT2D eigenvalue weighted by Gasteiger charge is 2.16. The van der Waals surface area contributed by atoms with E-state index in [1.165, 1.54) is 0 Å². The van der Waals surface area contributed by atoms with Crippen LogP contribution >= 0.6 is 11.3 Å². The maximum absolute atomic E-state index is 12.2. The first-order chi connectivity index (χ1) is 9.58. The Morgan fingerprint density at radius 3 is 2.85 bits per heavy atom. The Labute approximate surface area is 122 Å². The highest BCUT2D eigenvalue weighted by molar-refractivity contribution is 7.09. The smallest absolute Gasteiger partial charge is 0.226 e. The van der Waals surface area contributed by atoms with Crippen molar-refractivity contribution in [2.45, 2.75) is 19.3 Å². The second kappa shape index (κ2) is 6.52. The highest BCUT2D eigenvalue weighted by atomic mass is 32.1. The van der Waals surface area contributed by atoms with Gasteiger partial charge in [-0.15, -0.1) is 11.3 Å². The molecule has 2 rings (SSSR count). The van der Waals surface area contributed by atoms with Crippen LogP contribution < -0.4 is 0 Å². The minimum atomic E-state index is -0.00472. The highest BCUT2D eigenvalue weighted by Crippen LogP contribution is 2.20. The quantitative estimate of drug-likeness (QED) is 0.921. The number of amides is 1. The van der Waals surface area contributed by atoms with Crippen molar-refractivity contribution in [3.8, 4) is 5.75 Å². The van der Waals surface area contributed by atoms with Crippen molar-refractivity contribution in [2.75, 3.05) is 13.6 Å². The second-order valence-electron chi connectivity index (χ2n) is 4.85. The number of thiazole rings is 1. The van der Waals surface area contributed by atoms with Gasteiger partial charge in [0.25, 0.3) is 0 Å². The molecule has 20 heavy (non-hydrogen) atoms. The molecule has 0 radical (unpaired) electrons. The number of nitrogens with zero attached hydrogens (tertiary/aromatic N) is 2. The molecule has 0 aliphatic rings. The average molecular weight is 290 g/mol. The molecular weight excluding hydrogens is 272 g/mol. The molecule has 1 amide bonds. The number of benzene rings is 1. The van der Waals surface area contributed by atoms with Gasteiger partial charge >= 0.3 is 0 Å². The van der Waals surface area contributed by atoms with Gasteiger partial charge in [0.05, 0.1) is 11.4 Å². The maximum atomic E-state index is 12.2. The molecule has 1 aromatic carbocycles. The first kappa shape index (κ1) is 14.5. The lowest BCUT2D eigenvalue weighted by molar-refractivity contribution is -0.129. The molecule has 1 heterocycles. The number of phenolic OH excluding ortho intramolecular Hbond substituents is 1. The SMILES string of the molecule is C[C@@H](CN(C)C(=O)Cc1ccccc1O)c1nccs1. The van der Waals surface area contributed by atoms with Crippen LogP contribution in [0.3, 0.4) is 0 Å². The van der Waals surface area contributed by atoms with Gasteiger partial charge in [0.15, 0.2) is 0 Å². The van der Waals surface area contributed by atoms with Crippen LogP contribution in [0.15, 0.2) is 35.8 Å².